The number of amides is 1. The fraction of sp³-hybridized carbons (Fsp3) is 0.364. The molecular weight excluding hydrogens is 393 g/mol. The summed E-state index contributed by atoms with van der Waals surface area (Å²) < 4.78 is 38.0. The van der Waals surface area contributed by atoms with Gasteiger partial charge >= 0.3 is 6.18 Å². The Morgan fingerprint density at radius 3 is 2.30 bits per heavy atom. The number of nitrogens with zero attached hydrogens (tertiary/aromatic N) is 2. The predicted octanol–water partition coefficient (Wildman–Crippen LogP) is 3.69. The Morgan fingerprint density at radius 1 is 1.03 bits per heavy atom. The van der Waals surface area contributed by atoms with Gasteiger partial charge in [-0.05, 0) is 35.2 Å². The molecule has 1 aliphatic heterocycles. The van der Waals surface area contributed by atoms with Crippen molar-refractivity contribution in [1.29, 1.82) is 0 Å². The highest BCUT2D eigenvalue weighted by Crippen LogP contribution is 2.29. The quantitative estimate of drug-likeness (QED) is 0.556. The largest absolute Gasteiger partial charge is 0.416 e. The second-order valence-electron chi connectivity index (χ2n) is 7.16. The molecule has 0 saturated carbocycles. The Morgan fingerprint density at radius 2 is 1.70 bits per heavy atom. The second-order valence-corrected chi connectivity index (χ2v) is 7.16. The summed E-state index contributed by atoms with van der Waals surface area (Å²) in [6.45, 7) is 2.25. The molecule has 2 aromatic carbocycles. The van der Waals surface area contributed by atoms with Gasteiger partial charge in [0, 0.05) is 39.6 Å². The Hall–Kier alpha value is -3.03. The maximum absolute atomic E-state index is 12.7. The molecule has 0 aliphatic carbocycles. The fourth-order valence-corrected chi connectivity index (χ4v) is 3.36. The van der Waals surface area contributed by atoms with E-state index >= 15 is 0 Å². The highest BCUT2D eigenvalue weighted by Gasteiger charge is 2.29. The first-order valence-corrected chi connectivity index (χ1v) is 9.82. The van der Waals surface area contributed by atoms with Gasteiger partial charge in [-0.25, -0.2) is 0 Å². The monoisotopic (exact) mass is 418 g/mol. The average Bonchev–Trinajstić information content (AvgIpc) is 3.13. The molecule has 1 aliphatic rings. The van der Waals surface area contributed by atoms with E-state index in [0.29, 0.717) is 32.0 Å². The zero-order valence-electron chi connectivity index (χ0n) is 16.8. The Bertz CT molecular complexity index is 894. The summed E-state index contributed by atoms with van der Waals surface area (Å²) in [6, 6.07) is 13.0. The molecular formula is C22H25F3N4O. The molecule has 3 rings (SSSR count). The molecule has 1 heterocycles. The van der Waals surface area contributed by atoms with Gasteiger partial charge in [-0.15, -0.1) is 0 Å². The molecule has 30 heavy (non-hydrogen) atoms. The van der Waals surface area contributed by atoms with Crippen molar-refractivity contribution in [3.8, 4) is 0 Å². The lowest BCUT2D eigenvalue weighted by molar-refractivity contribution is -0.137. The van der Waals surface area contributed by atoms with Crippen LogP contribution in [-0.4, -0.2) is 30.4 Å². The molecule has 1 fully saturated rings. The van der Waals surface area contributed by atoms with Gasteiger partial charge in [0.15, 0.2) is 5.96 Å². The van der Waals surface area contributed by atoms with E-state index in [0.717, 1.165) is 41.8 Å². The zero-order chi connectivity index (χ0) is 21.6. The van der Waals surface area contributed by atoms with Gasteiger partial charge in [0.1, 0.15) is 0 Å². The molecule has 2 aromatic rings. The third-order valence-corrected chi connectivity index (χ3v) is 5.06. The van der Waals surface area contributed by atoms with Crippen LogP contribution < -0.4 is 10.6 Å². The summed E-state index contributed by atoms with van der Waals surface area (Å²) in [7, 11) is 1.64. The van der Waals surface area contributed by atoms with Crippen molar-refractivity contribution in [3.63, 3.8) is 0 Å². The number of nitrogens with one attached hydrogen (secondary N) is 2. The Labute approximate surface area is 174 Å². The van der Waals surface area contributed by atoms with E-state index in [-0.39, 0.29) is 5.91 Å². The van der Waals surface area contributed by atoms with E-state index < -0.39 is 11.7 Å². The van der Waals surface area contributed by atoms with Crippen LogP contribution in [0, 0.1) is 0 Å². The highest BCUT2D eigenvalue weighted by molar-refractivity contribution is 5.79. The Balaban J connectivity index is 1.55. The van der Waals surface area contributed by atoms with E-state index in [1.807, 2.05) is 29.2 Å². The van der Waals surface area contributed by atoms with E-state index in [9.17, 15) is 18.0 Å². The minimum atomic E-state index is -4.34. The maximum atomic E-state index is 12.7. The van der Waals surface area contributed by atoms with Gasteiger partial charge in [-0.3, -0.25) is 9.79 Å². The molecule has 1 amide bonds. The number of guanidine groups is 1. The predicted molar refractivity (Wildman–Crippen MR) is 110 cm³/mol. The van der Waals surface area contributed by atoms with Gasteiger partial charge in [0.25, 0.3) is 0 Å². The number of carbonyl (C=O) groups excluding carboxylic acids is 1. The smallest absolute Gasteiger partial charge is 0.352 e. The van der Waals surface area contributed by atoms with Crippen LogP contribution in [0.1, 0.15) is 35.1 Å². The number of aliphatic imine (C=N–C) groups is 1. The van der Waals surface area contributed by atoms with Crippen molar-refractivity contribution in [3.05, 3.63) is 70.8 Å². The van der Waals surface area contributed by atoms with Gasteiger partial charge in [-0.2, -0.15) is 13.2 Å². The standard InChI is InChI=1S/C22H25F3N4O/c1-26-21(27-13-16-8-10-19(11-9-16)22(23,24)25)28-14-17-5-2-3-6-18(17)15-29-12-4-7-20(29)30/h2-3,5-6,8-11H,4,7,12-15H2,1H3,(H2,26,27,28). The lowest BCUT2D eigenvalue weighted by atomic mass is 10.1. The second kappa shape index (κ2) is 9.65. The molecule has 5 nitrogen and oxygen atoms in total. The molecule has 2 N–H and O–H groups in total. The molecule has 1 saturated heterocycles. The lowest BCUT2D eigenvalue weighted by Crippen LogP contribution is -2.36. The van der Waals surface area contributed by atoms with Crippen LogP contribution in [0.25, 0.3) is 0 Å². The maximum Gasteiger partial charge on any atom is 0.416 e. The van der Waals surface area contributed by atoms with Crippen molar-refractivity contribution in [1.82, 2.24) is 15.5 Å². The molecule has 0 aromatic heterocycles. The summed E-state index contributed by atoms with van der Waals surface area (Å²) in [5.41, 5.74) is 2.20. The zero-order valence-corrected chi connectivity index (χ0v) is 16.8. The number of hydrogen-bond acceptors (Lipinski definition) is 2. The van der Waals surface area contributed by atoms with Crippen molar-refractivity contribution >= 4 is 11.9 Å². The van der Waals surface area contributed by atoms with E-state index in [4.69, 9.17) is 0 Å². The summed E-state index contributed by atoms with van der Waals surface area (Å²) in [6.07, 6.45) is -2.82. The SMILES string of the molecule is CN=C(NCc1ccc(C(F)(F)F)cc1)NCc1ccccc1CN1CCCC1=O. The van der Waals surface area contributed by atoms with Crippen molar-refractivity contribution in [2.45, 2.75) is 38.7 Å². The summed E-state index contributed by atoms with van der Waals surface area (Å²) in [5.74, 6) is 0.730. The van der Waals surface area contributed by atoms with E-state index in [1.165, 1.54) is 12.1 Å². The van der Waals surface area contributed by atoms with Crippen LogP contribution in [0.5, 0.6) is 0 Å². The summed E-state index contributed by atoms with van der Waals surface area (Å²) >= 11 is 0. The van der Waals surface area contributed by atoms with E-state index in [1.54, 1.807) is 7.05 Å². The first-order chi connectivity index (χ1) is 14.4. The number of hydrogen-bond donors (Lipinski definition) is 2. The number of rotatable bonds is 6. The molecule has 160 valence electrons. The van der Waals surface area contributed by atoms with Crippen molar-refractivity contribution in [2.24, 2.45) is 4.99 Å². The number of carbonyl (C=O) groups is 1. The van der Waals surface area contributed by atoms with Crippen molar-refractivity contribution < 1.29 is 18.0 Å². The van der Waals surface area contributed by atoms with Crippen LogP contribution in [0.4, 0.5) is 13.2 Å². The molecule has 0 spiro atoms. The van der Waals surface area contributed by atoms with Gasteiger partial charge < -0.3 is 15.5 Å². The fourth-order valence-electron chi connectivity index (χ4n) is 3.36. The average molecular weight is 418 g/mol. The normalized spacial score (nSPS) is 14.9. The van der Waals surface area contributed by atoms with Gasteiger partial charge in [0.2, 0.25) is 5.91 Å². The molecule has 0 unspecified atom stereocenters. The van der Waals surface area contributed by atoms with Crippen LogP contribution in [0.15, 0.2) is 53.5 Å². The Kier molecular flexibility index (Phi) is 6.97. The topological polar surface area (TPSA) is 56.7 Å². The first-order valence-electron chi connectivity index (χ1n) is 9.82. The summed E-state index contributed by atoms with van der Waals surface area (Å²) in [4.78, 5) is 18.0. The summed E-state index contributed by atoms with van der Waals surface area (Å²) in [5, 5.41) is 6.33. The molecule has 0 radical (unpaired) electrons. The van der Waals surface area contributed by atoms with Crippen LogP contribution in [0.2, 0.25) is 0 Å². The van der Waals surface area contributed by atoms with Crippen molar-refractivity contribution in [2.75, 3.05) is 13.6 Å². The number of likely N-dealkylation sites (tertiary alicyclic amines) is 1. The number of benzene rings is 2. The van der Waals surface area contributed by atoms with Gasteiger partial charge in [0.05, 0.1) is 5.56 Å². The lowest BCUT2D eigenvalue weighted by Gasteiger charge is -2.19. The highest BCUT2D eigenvalue weighted by atomic mass is 19.4. The van der Waals surface area contributed by atoms with Crippen LogP contribution in [-0.2, 0) is 30.6 Å². The third kappa shape index (κ3) is 5.75. The molecule has 0 bridgehead atoms. The molecule has 0 atom stereocenters. The first kappa shape index (κ1) is 21.7. The minimum absolute atomic E-state index is 0.187. The van der Waals surface area contributed by atoms with Crippen LogP contribution in [0.3, 0.4) is 0 Å². The van der Waals surface area contributed by atoms with Crippen LogP contribution >= 0.6 is 0 Å². The van der Waals surface area contributed by atoms with E-state index in [2.05, 4.69) is 15.6 Å². The number of alkyl halides is 3. The number of halogens is 3. The molecule has 8 heteroatoms. The third-order valence-electron chi connectivity index (χ3n) is 5.06. The minimum Gasteiger partial charge on any atom is -0.352 e. The van der Waals surface area contributed by atoms with Gasteiger partial charge in [-0.1, -0.05) is 36.4 Å².